The summed E-state index contributed by atoms with van der Waals surface area (Å²) in [4.78, 5) is 25.2. The van der Waals surface area contributed by atoms with Crippen LogP contribution in [-0.4, -0.2) is 15.2 Å². The van der Waals surface area contributed by atoms with E-state index >= 15 is 0 Å². The number of nitro benzene ring substituents is 1. The largest absolute Gasteiger partial charge is 0.457 e. The number of nitro groups is 1. The van der Waals surface area contributed by atoms with Crippen LogP contribution in [0.25, 0.3) is 17.4 Å². The number of anilines is 1. The van der Waals surface area contributed by atoms with Crippen LogP contribution >= 0.6 is 24.0 Å². The number of thiocarbonyl (C=S) groups is 1. The average molecular weight is 422 g/mol. The average Bonchev–Trinajstić information content (AvgIpc) is 3.27. The van der Waals surface area contributed by atoms with Gasteiger partial charge in [-0.2, -0.15) is 0 Å². The van der Waals surface area contributed by atoms with Gasteiger partial charge in [-0.1, -0.05) is 42.2 Å². The lowest BCUT2D eigenvalue weighted by Crippen LogP contribution is -2.27. The van der Waals surface area contributed by atoms with Crippen LogP contribution in [0.15, 0.2) is 70.0 Å². The van der Waals surface area contributed by atoms with Crippen LogP contribution in [0.4, 0.5) is 11.4 Å². The maximum atomic E-state index is 12.8. The zero-order valence-corrected chi connectivity index (χ0v) is 16.8. The Balaban J connectivity index is 1.61. The van der Waals surface area contributed by atoms with Gasteiger partial charge in [0.2, 0.25) is 0 Å². The number of hydrogen-bond acceptors (Lipinski definition) is 6. The standard InChI is InChI=1S/C21H14N2O4S2/c1-13-11-15(23(25)26)7-9-17(13)18-10-8-16(27-18)12-19-20(24)22(21(28)29-19)14-5-3-2-4-6-14/h2-12H,1H3/b19-12-. The molecule has 6 nitrogen and oxygen atoms in total. The molecule has 0 aliphatic carbocycles. The fraction of sp³-hybridized carbons (Fsp3) is 0.0476. The van der Waals surface area contributed by atoms with Gasteiger partial charge in [-0.3, -0.25) is 19.8 Å². The van der Waals surface area contributed by atoms with Crippen LogP contribution in [0, 0.1) is 17.0 Å². The number of nitrogens with zero attached hydrogens (tertiary/aromatic N) is 2. The highest BCUT2D eigenvalue weighted by atomic mass is 32.2. The maximum absolute atomic E-state index is 12.8. The number of non-ortho nitro benzene ring substituents is 1. The van der Waals surface area contributed by atoms with E-state index in [0.717, 1.165) is 16.8 Å². The predicted octanol–water partition coefficient (Wildman–Crippen LogP) is 5.57. The fourth-order valence-corrected chi connectivity index (χ4v) is 4.29. The van der Waals surface area contributed by atoms with Crippen molar-refractivity contribution in [2.75, 3.05) is 4.90 Å². The number of amides is 1. The van der Waals surface area contributed by atoms with Crippen LogP contribution in [-0.2, 0) is 4.79 Å². The van der Waals surface area contributed by atoms with Crippen molar-refractivity contribution in [2.24, 2.45) is 0 Å². The number of aryl methyl sites for hydroxylation is 1. The zero-order chi connectivity index (χ0) is 20.5. The molecular weight excluding hydrogens is 408 g/mol. The molecule has 0 saturated carbocycles. The van der Waals surface area contributed by atoms with E-state index in [1.807, 2.05) is 30.3 Å². The van der Waals surface area contributed by atoms with Crippen molar-refractivity contribution in [3.05, 3.63) is 87.0 Å². The minimum absolute atomic E-state index is 0.0302. The van der Waals surface area contributed by atoms with E-state index in [1.165, 1.54) is 28.8 Å². The molecule has 1 aliphatic heterocycles. The van der Waals surface area contributed by atoms with Crippen LogP contribution < -0.4 is 4.90 Å². The molecule has 29 heavy (non-hydrogen) atoms. The predicted molar refractivity (Wildman–Crippen MR) is 118 cm³/mol. The first-order chi connectivity index (χ1) is 13.9. The molecule has 4 rings (SSSR count). The van der Waals surface area contributed by atoms with E-state index in [4.69, 9.17) is 16.6 Å². The number of hydrogen-bond donors (Lipinski definition) is 0. The third-order valence-corrected chi connectivity index (χ3v) is 5.70. The van der Waals surface area contributed by atoms with Crippen molar-refractivity contribution in [1.82, 2.24) is 0 Å². The van der Waals surface area contributed by atoms with Gasteiger partial charge in [0.1, 0.15) is 11.5 Å². The quantitative estimate of drug-likeness (QED) is 0.237. The highest BCUT2D eigenvalue weighted by molar-refractivity contribution is 8.27. The highest BCUT2D eigenvalue weighted by Crippen LogP contribution is 2.37. The molecule has 3 aromatic rings. The van der Waals surface area contributed by atoms with Crippen LogP contribution in [0.1, 0.15) is 11.3 Å². The van der Waals surface area contributed by atoms with E-state index in [9.17, 15) is 14.9 Å². The third-order valence-electron chi connectivity index (χ3n) is 4.39. The summed E-state index contributed by atoms with van der Waals surface area (Å²) < 4.78 is 6.33. The Morgan fingerprint density at radius 3 is 2.59 bits per heavy atom. The molecule has 144 valence electrons. The van der Waals surface area contributed by atoms with Gasteiger partial charge in [-0.25, -0.2) is 0 Å². The second-order valence-corrected chi connectivity index (χ2v) is 7.99. The molecule has 0 spiro atoms. The summed E-state index contributed by atoms with van der Waals surface area (Å²) in [5.74, 6) is 0.879. The lowest BCUT2D eigenvalue weighted by molar-refractivity contribution is -0.384. The molecular formula is C21H14N2O4S2. The summed E-state index contributed by atoms with van der Waals surface area (Å²) >= 11 is 6.59. The number of benzene rings is 2. The smallest absolute Gasteiger partial charge is 0.270 e. The van der Waals surface area contributed by atoms with Gasteiger partial charge in [0.25, 0.3) is 11.6 Å². The summed E-state index contributed by atoms with van der Waals surface area (Å²) in [5.41, 5.74) is 2.24. The summed E-state index contributed by atoms with van der Waals surface area (Å²) in [6.07, 6.45) is 1.66. The fourth-order valence-electron chi connectivity index (χ4n) is 3.01. The minimum Gasteiger partial charge on any atom is -0.457 e. The van der Waals surface area contributed by atoms with Gasteiger partial charge in [-0.05, 0) is 42.8 Å². The molecule has 2 heterocycles. The molecule has 1 saturated heterocycles. The number of rotatable bonds is 4. The Morgan fingerprint density at radius 2 is 1.90 bits per heavy atom. The van der Waals surface area contributed by atoms with Crippen molar-refractivity contribution < 1.29 is 14.1 Å². The normalized spacial score (nSPS) is 15.3. The first-order valence-corrected chi connectivity index (χ1v) is 9.85. The SMILES string of the molecule is Cc1cc([N+](=O)[O-])ccc1-c1ccc(/C=C2\SC(=S)N(c3ccccc3)C2=O)o1. The summed E-state index contributed by atoms with van der Waals surface area (Å²) in [6, 6.07) is 17.4. The van der Waals surface area contributed by atoms with Gasteiger partial charge in [0.15, 0.2) is 4.32 Å². The van der Waals surface area contributed by atoms with Gasteiger partial charge in [0.05, 0.1) is 15.5 Å². The van der Waals surface area contributed by atoms with E-state index in [0.29, 0.717) is 20.7 Å². The monoisotopic (exact) mass is 422 g/mol. The van der Waals surface area contributed by atoms with E-state index in [1.54, 1.807) is 31.2 Å². The first kappa shape index (κ1) is 19.1. The van der Waals surface area contributed by atoms with Crippen molar-refractivity contribution in [2.45, 2.75) is 6.92 Å². The van der Waals surface area contributed by atoms with Crippen molar-refractivity contribution in [3.63, 3.8) is 0 Å². The molecule has 1 aliphatic rings. The van der Waals surface area contributed by atoms with E-state index in [-0.39, 0.29) is 11.6 Å². The molecule has 0 atom stereocenters. The lowest BCUT2D eigenvalue weighted by Gasteiger charge is -2.13. The van der Waals surface area contributed by atoms with Crippen LogP contribution in [0.3, 0.4) is 0 Å². The van der Waals surface area contributed by atoms with Gasteiger partial charge >= 0.3 is 0 Å². The zero-order valence-electron chi connectivity index (χ0n) is 15.2. The lowest BCUT2D eigenvalue weighted by atomic mass is 10.1. The second-order valence-electron chi connectivity index (χ2n) is 6.31. The molecule has 1 fully saturated rings. The Labute approximate surface area is 176 Å². The Kier molecular flexibility index (Phi) is 5.04. The first-order valence-electron chi connectivity index (χ1n) is 8.62. The third kappa shape index (κ3) is 3.72. The molecule has 0 bridgehead atoms. The molecule has 8 heteroatoms. The highest BCUT2D eigenvalue weighted by Gasteiger charge is 2.33. The number of thioether (sulfide) groups is 1. The summed E-state index contributed by atoms with van der Waals surface area (Å²) in [5, 5.41) is 10.9. The molecule has 1 amide bonds. The minimum atomic E-state index is -0.431. The summed E-state index contributed by atoms with van der Waals surface area (Å²) in [7, 11) is 0. The van der Waals surface area contributed by atoms with E-state index < -0.39 is 4.92 Å². The molecule has 0 unspecified atom stereocenters. The Hall–Kier alpha value is -3.23. The summed E-state index contributed by atoms with van der Waals surface area (Å²) in [6.45, 7) is 1.79. The number of carbonyl (C=O) groups is 1. The van der Waals surface area contributed by atoms with Crippen molar-refractivity contribution in [1.29, 1.82) is 0 Å². The topological polar surface area (TPSA) is 76.6 Å². The van der Waals surface area contributed by atoms with Crippen molar-refractivity contribution in [3.8, 4) is 11.3 Å². The number of carbonyl (C=O) groups excluding carboxylic acids is 1. The molecule has 0 radical (unpaired) electrons. The Morgan fingerprint density at radius 1 is 1.14 bits per heavy atom. The maximum Gasteiger partial charge on any atom is 0.270 e. The van der Waals surface area contributed by atoms with Crippen LogP contribution in [0.2, 0.25) is 0 Å². The second kappa shape index (κ2) is 7.65. The van der Waals surface area contributed by atoms with Crippen LogP contribution in [0.5, 0.6) is 0 Å². The number of furan rings is 1. The molecule has 1 aromatic heterocycles. The Bertz CT molecular complexity index is 1170. The van der Waals surface area contributed by atoms with Gasteiger partial charge < -0.3 is 4.42 Å². The van der Waals surface area contributed by atoms with Crippen molar-refractivity contribution >= 4 is 51.7 Å². The van der Waals surface area contributed by atoms with E-state index in [2.05, 4.69) is 0 Å². The molecule has 2 aromatic carbocycles. The van der Waals surface area contributed by atoms with Gasteiger partial charge in [-0.15, -0.1) is 0 Å². The number of para-hydroxylation sites is 1. The molecule has 0 N–H and O–H groups in total. The van der Waals surface area contributed by atoms with Gasteiger partial charge in [0, 0.05) is 23.8 Å².